The first-order valence-corrected chi connectivity index (χ1v) is 3.54. The molecule has 0 spiro atoms. The summed E-state index contributed by atoms with van der Waals surface area (Å²) in [5, 5.41) is 8.65. The molecule has 0 bridgehead atoms. The predicted molar refractivity (Wildman–Crippen MR) is 37.3 cm³/mol. The van der Waals surface area contributed by atoms with Crippen molar-refractivity contribution in [2.45, 2.75) is 25.0 Å². The van der Waals surface area contributed by atoms with Crippen LogP contribution in [-0.4, -0.2) is 29.8 Å². The van der Waals surface area contributed by atoms with Gasteiger partial charge in [-0.1, -0.05) is 0 Å². The highest BCUT2D eigenvalue weighted by Gasteiger charge is 2.29. The maximum atomic E-state index is 10.8. The van der Waals surface area contributed by atoms with E-state index < -0.39 is 6.10 Å². The van der Waals surface area contributed by atoms with E-state index in [1.165, 1.54) is 0 Å². The van der Waals surface area contributed by atoms with Crippen LogP contribution in [0.5, 0.6) is 0 Å². The lowest BCUT2D eigenvalue weighted by Crippen LogP contribution is -2.39. The summed E-state index contributed by atoms with van der Waals surface area (Å²) in [6.45, 7) is -0.0334. The molecule has 1 amide bonds. The highest BCUT2D eigenvalue weighted by Crippen LogP contribution is 2.18. The van der Waals surface area contributed by atoms with E-state index in [9.17, 15) is 4.79 Å². The summed E-state index contributed by atoms with van der Waals surface area (Å²) in [6, 6.07) is 0. The topological polar surface area (TPSA) is 84.6 Å². The molecule has 0 aromatic heterocycles. The standard InChI is InChI=1S/C6H12N2O3/c7-8-6(10)5-2-1-4(3-9)11-5/h4-5,9H,1-3,7H2,(H,8,10)/t4-,5+/m1/s1. The van der Waals surface area contributed by atoms with Crippen LogP contribution in [0.4, 0.5) is 0 Å². The Morgan fingerprint density at radius 3 is 2.91 bits per heavy atom. The number of hydrazine groups is 1. The van der Waals surface area contributed by atoms with Crippen molar-refractivity contribution in [1.29, 1.82) is 0 Å². The van der Waals surface area contributed by atoms with E-state index in [4.69, 9.17) is 15.7 Å². The van der Waals surface area contributed by atoms with Gasteiger partial charge in [-0.05, 0) is 12.8 Å². The number of carbonyl (C=O) groups is 1. The van der Waals surface area contributed by atoms with E-state index in [2.05, 4.69) is 0 Å². The quantitative estimate of drug-likeness (QED) is 0.261. The predicted octanol–water partition coefficient (Wildman–Crippen LogP) is -1.48. The lowest BCUT2D eigenvalue weighted by atomic mass is 10.2. The molecule has 5 nitrogen and oxygen atoms in total. The summed E-state index contributed by atoms with van der Waals surface area (Å²) < 4.78 is 5.12. The van der Waals surface area contributed by atoms with Gasteiger partial charge < -0.3 is 9.84 Å². The van der Waals surface area contributed by atoms with Gasteiger partial charge in [0.15, 0.2) is 0 Å². The fourth-order valence-corrected chi connectivity index (χ4v) is 1.13. The van der Waals surface area contributed by atoms with Crippen molar-refractivity contribution in [3.63, 3.8) is 0 Å². The molecule has 1 heterocycles. The maximum Gasteiger partial charge on any atom is 0.263 e. The summed E-state index contributed by atoms with van der Waals surface area (Å²) >= 11 is 0. The van der Waals surface area contributed by atoms with Crippen molar-refractivity contribution in [3.05, 3.63) is 0 Å². The molecule has 0 aliphatic carbocycles. The van der Waals surface area contributed by atoms with Crippen LogP contribution in [0.3, 0.4) is 0 Å². The first kappa shape index (κ1) is 8.45. The lowest BCUT2D eigenvalue weighted by molar-refractivity contribution is -0.132. The van der Waals surface area contributed by atoms with Crippen molar-refractivity contribution in [3.8, 4) is 0 Å². The van der Waals surface area contributed by atoms with Crippen molar-refractivity contribution in [2.24, 2.45) is 5.84 Å². The molecule has 0 radical (unpaired) electrons. The van der Waals surface area contributed by atoms with Crippen LogP contribution >= 0.6 is 0 Å². The van der Waals surface area contributed by atoms with E-state index in [0.29, 0.717) is 12.8 Å². The molecule has 0 saturated carbocycles. The van der Waals surface area contributed by atoms with Crippen LogP contribution in [0.1, 0.15) is 12.8 Å². The Morgan fingerprint density at radius 2 is 2.45 bits per heavy atom. The van der Waals surface area contributed by atoms with Crippen LogP contribution in [0.2, 0.25) is 0 Å². The number of carbonyl (C=O) groups excluding carboxylic acids is 1. The minimum absolute atomic E-state index is 0.0334. The molecule has 5 heteroatoms. The van der Waals surface area contributed by atoms with Gasteiger partial charge in [-0.25, -0.2) is 5.84 Å². The Morgan fingerprint density at radius 1 is 1.73 bits per heavy atom. The van der Waals surface area contributed by atoms with Gasteiger partial charge in [-0.3, -0.25) is 10.2 Å². The largest absolute Gasteiger partial charge is 0.394 e. The fourth-order valence-electron chi connectivity index (χ4n) is 1.13. The van der Waals surface area contributed by atoms with E-state index in [-0.39, 0.29) is 18.6 Å². The zero-order valence-corrected chi connectivity index (χ0v) is 6.12. The molecule has 0 aromatic rings. The van der Waals surface area contributed by atoms with Crippen LogP contribution in [-0.2, 0) is 9.53 Å². The van der Waals surface area contributed by atoms with E-state index in [1.807, 2.05) is 5.43 Å². The first-order valence-electron chi connectivity index (χ1n) is 3.54. The molecule has 1 fully saturated rings. The summed E-state index contributed by atoms with van der Waals surface area (Å²) in [4.78, 5) is 10.8. The molecule has 1 aliphatic rings. The van der Waals surface area contributed by atoms with Crippen molar-refractivity contribution < 1.29 is 14.6 Å². The van der Waals surface area contributed by atoms with Crippen LogP contribution in [0.15, 0.2) is 0 Å². The van der Waals surface area contributed by atoms with Gasteiger partial charge in [0.05, 0.1) is 12.7 Å². The minimum atomic E-state index is -0.475. The average Bonchev–Trinajstić information content (AvgIpc) is 2.50. The molecular weight excluding hydrogens is 148 g/mol. The Hall–Kier alpha value is -0.650. The second kappa shape index (κ2) is 3.66. The molecular formula is C6H12N2O3. The second-order valence-corrected chi connectivity index (χ2v) is 2.52. The number of nitrogens with one attached hydrogen (secondary N) is 1. The number of hydrogen-bond donors (Lipinski definition) is 3. The first-order chi connectivity index (χ1) is 5.27. The van der Waals surface area contributed by atoms with Gasteiger partial charge in [-0.2, -0.15) is 0 Å². The number of ether oxygens (including phenoxy) is 1. The third kappa shape index (κ3) is 1.89. The summed E-state index contributed by atoms with van der Waals surface area (Å²) in [5.74, 6) is 4.58. The van der Waals surface area contributed by atoms with Gasteiger partial charge >= 0.3 is 0 Å². The van der Waals surface area contributed by atoms with Gasteiger partial charge in [-0.15, -0.1) is 0 Å². The van der Waals surface area contributed by atoms with Gasteiger partial charge in [0.1, 0.15) is 6.10 Å². The summed E-state index contributed by atoms with van der Waals surface area (Å²) in [5.41, 5.74) is 2.01. The minimum Gasteiger partial charge on any atom is -0.394 e. The number of nitrogens with two attached hydrogens (primary N) is 1. The van der Waals surface area contributed by atoms with Crippen molar-refractivity contribution in [1.82, 2.24) is 5.43 Å². The molecule has 0 aromatic carbocycles. The monoisotopic (exact) mass is 160 g/mol. The Bertz CT molecular complexity index is 151. The summed E-state index contributed by atoms with van der Waals surface area (Å²) in [7, 11) is 0. The van der Waals surface area contributed by atoms with Gasteiger partial charge in [0.2, 0.25) is 0 Å². The number of aliphatic hydroxyl groups excluding tert-OH is 1. The smallest absolute Gasteiger partial charge is 0.263 e. The zero-order chi connectivity index (χ0) is 8.27. The van der Waals surface area contributed by atoms with Crippen molar-refractivity contribution >= 4 is 5.91 Å². The molecule has 11 heavy (non-hydrogen) atoms. The highest BCUT2D eigenvalue weighted by molar-refractivity contribution is 5.80. The van der Waals surface area contributed by atoms with Crippen LogP contribution in [0, 0.1) is 0 Å². The Labute approximate surface area is 64.5 Å². The Kier molecular flexibility index (Phi) is 2.81. The maximum absolute atomic E-state index is 10.8. The van der Waals surface area contributed by atoms with Gasteiger partial charge in [0.25, 0.3) is 5.91 Å². The SMILES string of the molecule is NNC(=O)[C@@H]1CC[C@H](CO)O1. The van der Waals surface area contributed by atoms with E-state index in [0.717, 1.165) is 0 Å². The number of rotatable bonds is 2. The third-order valence-corrected chi connectivity index (χ3v) is 1.75. The molecule has 4 N–H and O–H groups in total. The molecule has 0 unspecified atom stereocenters. The molecule has 2 atom stereocenters. The van der Waals surface area contributed by atoms with E-state index >= 15 is 0 Å². The molecule has 1 aliphatic heterocycles. The number of aliphatic hydroxyl groups is 1. The third-order valence-electron chi connectivity index (χ3n) is 1.75. The Balaban J connectivity index is 2.35. The highest BCUT2D eigenvalue weighted by atomic mass is 16.5. The second-order valence-electron chi connectivity index (χ2n) is 2.52. The zero-order valence-electron chi connectivity index (χ0n) is 6.12. The average molecular weight is 160 g/mol. The molecule has 64 valence electrons. The van der Waals surface area contributed by atoms with Crippen molar-refractivity contribution in [2.75, 3.05) is 6.61 Å². The number of hydrogen-bond acceptors (Lipinski definition) is 4. The van der Waals surface area contributed by atoms with Gasteiger partial charge in [0, 0.05) is 0 Å². The summed E-state index contributed by atoms with van der Waals surface area (Å²) in [6.07, 6.45) is 0.678. The fraction of sp³-hybridized carbons (Fsp3) is 0.833. The van der Waals surface area contributed by atoms with E-state index in [1.54, 1.807) is 0 Å². The van der Waals surface area contributed by atoms with Crippen LogP contribution < -0.4 is 11.3 Å². The van der Waals surface area contributed by atoms with Crippen LogP contribution in [0.25, 0.3) is 0 Å². The molecule has 1 rings (SSSR count). The normalized spacial score (nSPS) is 30.4. The number of amides is 1. The lowest BCUT2D eigenvalue weighted by Gasteiger charge is -2.09. The molecule has 1 saturated heterocycles.